The highest BCUT2D eigenvalue weighted by atomic mass is 35.5. The largest absolute Gasteiger partial charge is 0.281 e. The minimum atomic E-state index is -3.52. The summed E-state index contributed by atoms with van der Waals surface area (Å²) in [6.07, 6.45) is 7.06. The first-order valence-corrected chi connectivity index (χ1v) is 9.56. The van der Waals surface area contributed by atoms with Gasteiger partial charge in [-0.3, -0.25) is 5.10 Å². The lowest BCUT2D eigenvalue weighted by atomic mass is 9.78. The maximum absolute atomic E-state index is 12.8. The Hall–Kier alpha value is -0.590. The van der Waals surface area contributed by atoms with E-state index in [0.717, 1.165) is 18.5 Å². The van der Waals surface area contributed by atoms with Crippen molar-refractivity contribution in [3.8, 4) is 0 Å². The van der Waals surface area contributed by atoms with Gasteiger partial charge in [-0.1, -0.05) is 12.8 Å². The third-order valence-corrected chi connectivity index (χ3v) is 7.34. The van der Waals surface area contributed by atoms with Gasteiger partial charge in [-0.2, -0.15) is 9.40 Å². The fourth-order valence-electron chi connectivity index (χ4n) is 3.75. The monoisotopic (exact) mass is 331 g/mol. The smallest absolute Gasteiger partial charge is 0.262 e. The number of hydrogen-bond donors (Lipinski definition) is 1. The zero-order valence-corrected chi connectivity index (χ0v) is 13.9. The maximum atomic E-state index is 12.8. The van der Waals surface area contributed by atoms with Gasteiger partial charge in [-0.25, -0.2) is 8.42 Å². The van der Waals surface area contributed by atoms with E-state index in [1.165, 1.54) is 25.7 Å². The highest BCUT2D eigenvalue weighted by Crippen LogP contribution is 2.46. The van der Waals surface area contributed by atoms with E-state index in [0.29, 0.717) is 24.1 Å². The van der Waals surface area contributed by atoms with Crippen molar-refractivity contribution in [2.75, 3.05) is 13.1 Å². The van der Waals surface area contributed by atoms with Crippen molar-refractivity contribution >= 4 is 21.6 Å². The van der Waals surface area contributed by atoms with Gasteiger partial charge in [-0.05, 0) is 38.0 Å². The maximum Gasteiger partial charge on any atom is 0.262 e. The Bertz CT molecular complexity index is 610. The van der Waals surface area contributed by atoms with Crippen molar-refractivity contribution in [2.45, 2.75) is 56.4 Å². The van der Waals surface area contributed by atoms with E-state index in [1.807, 2.05) is 0 Å². The molecule has 5 nitrogen and oxygen atoms in total. The van der Waals surface area contributed by atoms with Gasteiger partial charge in [0.15, 0.2) is 5.03 Å². The fraction of sp³-hybridized carbons (Fsp3) is 0.786. The number of rotatable bonds is 3. The van der Waals surface area contributed by atoms with Crippen molar-refractivity contribution < 1.29 is 8.42 Å². The lowest BCUT2D eigenvalue weighted by molar-refractivity contribution is 0.160. The molecule has 2 heterocycles. The van der Waals surface area contributed by atoms with Crippen LogP contribution in [0.25, 0.3) is 0 Å². The Kier molecular flexibility index (Phi) is 4.05. The van der Waals surface area contributed by atoms with E-state index in [1.54, 1.807) is 11.2 Å². The van der Waals surface area contributed by atoms with Crippen molar-refractivity contribution in [2.24, 2.45) is 5.41 Å². The van der Waals surface area contributed by atoms with Crippen LogP contribution in [-0.2, 0) is 15.9 Å². The van der Waals surface area contributed by atoms with Crippen molar-refractivity contribution in [3.63, 3.8) is 0 Å². The minimum Gasteiger partial charge on any atom is -0.281 e. The Balaban J connectivity index is 1.80. The van der Waals surface area contributed by atoms with Crippen molar-refractivity contribution in [1.82, 2.24) is 14.5 Å². The van der Waals surface area contributed by atoms with E-state index in [4.69, 9.17) is 11.6 Å². The first-order chi connectivity index (χ1) is 9.98. The van der Waals surface area contributed by atoms with Gasteiger partial charge in [-0.15, -0.1) is 11.6 Å². The number of aryl methyl sites for hydroxylation is 1. The number of nitrogens with zero attached hydrogens (tertiary/aromatic N) is 2. The predicted octanol–water partition coefficient (Wildman–Crippen LogP) is 2.80. The molecule has 1 N–H and O–H groups in total. The molecule has 0 bridgehead atoms. The zero-order chi connectivity index (χ0) is 15.1. The lowest BCUT2D eigenvalue weighted by Gasteiger charge is -2.38. The van der Waals surface area contributed by atoms with Crippen LogP contribution in [0.1, 0.15) is 49.8 Å². The summed E-state index contributed by atoms with van der Waals surface area (Å²) in [5, 5.41) is 6.83. The van der Waals surface area contributed by atoms with Crippen LogP contribution in [0.5, 0.6) is 0 Å². The summed E-state index contributed by atoms with van der Waals surface area (Å²) in [6, 6.07) is 0. The summed E-state index contributed by atoms with van der Waals surface area (Å²) in [6.45, 7) is 3.01. The molecule has 3 rings (SSSR count). The van der Waals surface area contributed by atoms with Crippen LogP contribution < -0.4 is 0 Å². The average Bonchev–Trinajstić information content (AvgIpc) is 3.06. The summed E-state index contributed by atoms with van der Waals surface area (Å²) in [5.41, 5.74) is 1.73. The molecule has 118 valence electrons. The number of hydrogen-bond acceptors (Lipinski definition) is 3. The molecule has 2 aliphatic rings. The van der Waals surface area contributed by atoms with E-state index >= 15 is 0 Å². The van der Waals surface area contributed by atoms with E-state index in [-0.39, 0.29) is 10.9 Å². The molecular weight excluding hydrogens is 310 g/mol. The van der Waals surface area contributed by atoms with Gasteiger partial charge < -0.3 is 0 Å². The van der Waals surface area contributed by atoms with Crippen LogP contribution in [0.2, 0.25) is 0 Å². The quantitative estimate of drug-likeness (QED) is 0.866. The number of aromatic amines is 1. The van der Waals surface area contributed by atoms with Gasteiger partial charge in [0.2, 0.25) is 0 Å². The molecule has 1 aliphatic heterocycles. The van der Waals surface area contributed by atoms with E-state index < -0.39 is 10.0 Å². The first-order valence-electron chi connectivity index (χ1n) is 7.58. The third-order valence-electron chi connectivity index (χ3n) is 5.20. The van der Waals surface area contributed by atoms with Crippen molar-refractivity contribution in [1.29, 1.82) is 0 Å². The second kappa shape index (κ2) is 5.56. The standard InChI is InChI=1S/C14H22ClN3O2S/c1-11-12(10-15)13(17-16-11)21(19,20)18-8-6-14(7-9-18)4-2-3-5-14/h2-10H2,1H3,(H,16,17). The van der Waals surface area contributed by atoms with E-state index in [2.05, 4.69) is 10.2 Å². The molecule has 0 radical (unpaired) electrons. The van der Waals surface area contributed by atoms with Crippen molar-refractivity contribution in [3.05, 3.63) is 11.3 Å². The summed E-state index contributed by atoms with van der Waals surface area (Å²) in [7, 11) is -3.52. The molecule has 1 aliphatic carbocycles. The van der Waals surface area contributed by atoms with Gasteiger partial charge >= 0.3 is 0 Å². The minimum absolute atomic E-state index is 0.109. The predicted molar refractivity (Wildman–Crippen MR) is 81.8 cm³/mol. The molecule has 21 heavy (non-hydrogen) atoms. The van der Waals surface area contributed by atoms with E-state index in [9.17, 15) is 8.42 Å². The molecule has 0 aromatic carbocycles. The number of aromatic nitrogens is 2. The second-order valence-electron chi connectivity index (χ2n) is 6.38. The molecule has 1 spiro atoms. The SMILES string of the molecule is Cc1[nH]nc(S(=O)(=O)N2CCC3(CCCC3)CC2)c1CCl. The molecule has 1 saturated carbocycles. The molecular formula is C14H22ClN3O2S. The Labute approximate surface area is 131 Å². The molecule has 0 unspecified atom stereocenters. The normalized spacial score (nSPS) is 23.0. The molecule has 1 aromatic heterocycles. The van der Waals surface area contributed by atoms with Crippen LogP contribution in [0.3, 0.4) is 0 Å². The molecule has 1 saturated heterocycles. The van der Waals surface area contributed by atoms with Crippen LogP contribution in [0.4, 0.5) is 0 Å². The van der Waals surface area contributed by atoms with Gasteiger partial charge in [0.1, 0.15) is 0 Å². The molecule has 0 amide bonds. The number of nitrogens with one attached hydrogen (secondary N) is 1. The summed E-state index contributed by atoms with van der Waals surface area (Å²) < 4.78 is 27.1. The third kappa shape index (κ3) is 2.62. The average molecular weight is 332 g/mol. The summed E-state index contributed by atoms with van der Waals surface area (Å²) in [4.78, 5) is 0. The molecule has 2 fully saturated rings. The van der Waals surface area contributed by atoms with Gasteiger partial charge in [0.25, 0.3) is 10.0 Å². The number of H-pyrrole nitrogens is 1. The Morgan fingerprint density at radius 1 is 1.24 bits per heavy atom. The van der Waals surface area contributed by atoms with Crippen LogP contribution in [0.15, 0.2) is 5.03 Å². The summed E-state index contributed by atoms with van der Waals surface area (Å²) in [5.74, 6) is 0.161. The Morgan fingerprint density at radius 3 is 2.43 bits per heavy atom. The number of sulfonamides is 1. The fourth-order valence-corrected chi connectivity index (χ4v) is 5.76. The summed E-state index contributed by atoms with van der Waals surface area (Å²) >= 11 is 5.88. The topological polar surface area (TPSA) is 66.1 Å². The molecule has 7 heteroatoms. The first kappa shape index (κ1) is 15.3. The number of piperidine rings is 1. The van der Waals surface area contributed by atoms with Crippen LogP contribution >= 0.6 is 11.6 Å². The lowest BCUT2D eigenvalue weighted by Crippen LogP contribution is -2.42. The highest BCUT2D eigenvalue weighted by Gasteiger charge is 2.41. The second-order valence-corrected chi connectivity index (χ2v) is 8.50. The zero-order valence-electron chi connectivity index (χ0n) is 12.4. The van der Waals surface area contributed by atoms with Crippen LogP contribution in [0, 0.1) is 12.3 Å². The van der Waals surface area contributed by atoms with Crippen LogP contribution in [-0.4, -0.2) is 36.0 Å². The highest BCUT2D eigenvalue weighted by molar-refractivity contribution is 7.89. The van der Waals surface area contributed by atoms with Gasteiger partial charge in [0.05, 0.1) is 5.88 Å². The molecule has 0 atom stereocenters. The Morgan fingerprint density at radius 2 is 1.86 bits per heavy atom. The number of halogens is 1. The molecule has 1 aromatic rings. The van der Waals surface area contributed by atoms with Gasteiger partial charge in [0, 0.05) is 24.3 Å². The number of alkyl halides is 1.